The van der Waals surface area contributed by atoms with E-state index in [2.05, 4.69) is 5.32 Å². The van der Waals surface area contributed by atoms with Gasteiger partial charge < -0.3 is 11.1 Å². The zero-order valence-electron chi connectivity index (χ0n) is 10.3. The van der Waals surface area contributed by atoms with Crippen molar-refractivity contribution < 1.29 is 4.79 Å². The number of nitrogens with one attached hydrogen (secondary N) is 1. The predicted octanol–water partition coefficient (Wildman–Crippen LogP) is 2.66. The fraction of sp³-hybridized carbons (Fsp3) is 0.133. The van der Waals surface area contributed by atoms with Gasteiger partial charge in [0.05, 0.1) is 0 Å². The van der Waals surface area contributed by atoms with E-state index in [9.17, 15) is 4.79 Å². The Morgan fingerprint density at radius 1 is 1.11 bits per heavy atom. The highest BCUT2D eigenvalue weighted by molar-refractivity contribution is 6.30. The minimum Gasteiger partial charge on any atom is -0.350 e. The van der Waals surface area contributed by atoms with Crippen molar-refractivity contribution >= 4 is 17.5 Å². The molecule has 0 bridgehead atoms. The van der Waals surface area contributed by atoms with Crippen molar-refractivity contribution in [1.29, 1.82) is 0 Å². The van der Waals surface area contributed by atoms with Gasteiger partial charge in [-0.15, -0.1) is 0 Å². The summed E-state index contributed by atoms with van der Waals surface area (Å²) >= 11 is 5.80. The summed E-state index contributed by atoms with van der Waals surface area (Å²) in [6.07, 6.45) is 0. The standard InChI is InChI=1S/C15H15ClN2O/c16-13-8-6-11(7-9-13)10-18-15(19)14(17)12-4-2-1-3-5-12/h1-9,14H,10,17H2,(H,18,19)/t14-/m0/s1. The van der Waals surface area contributed by atoms with Gasteiger partial charge in [-0.25, -0.2) is 0 Å². The van der Waals surface area contributed by atoms with Crippen molar-refractivity contribution in [2.24, 2.45) is 5.73 Å². The van der Waals surface area contributed by atoms with Crippen molar-refractivity contribution in [3.63, 3.8) is 0 Å². The third-order valence-corrected chi connectivity index (χ3v) is 3.07. The number of benzene rings is 2. The molecular formula is C15H15ClN2O. The molecule has 4 heteroatoms. The van der Waals surface area contributed by atoms with E-state index in [1.165, 1.54) is 0 Å². The zero-order valence-corrected chi connectivity index (χ0v) is 11.1. The summed E-state index contributed by atoms with van der Waals surface area (Å²) in [6.45, 7) is 0.441. The number of amides is 1. The molecule has 19 heavy (non-hydrogen) atoms. The van der Waals surface area contributed by atoms with Gasteiger partial charge in [0, 0.05) is 11.6 Å². The Balaban J connectivity index is 1.93. The Labute approximate surface area is 117 Å². The third kappa shape index (κ3) is 3.81. The summed E-state index contributed by atoms with van der Waals surface area (Å²) in [5.74, 6) is -0.193. The molecule has 2 aromatic rings. The molecule has 1 atom stereocenters. The van der Waals surface area contributed by atoms with Gasteiger partial charge in [-0.1, -0.05) is 54.1 Å². The topological polar surface area (TPSA) is 55.1 Å². The largest absolute Gasteiger partial charge is 0.350 e. The molecule has 3 nitrogen and oxygen atoms in total. The number of carbonyl (C=O) groups excluding carboxylic acids is 1. The molecule has 0 aliphatic carbocycles. The van der Waals surface area contributed by atoms with Crippen molar-refractivity contribution in [1.82, 2.24) is 5.32 Å². The maximum atomic E-state index is 11.9. The van der Waals surface area contributed by atoms with Gasteiger partial charge in [-0.2, -0.15) is 0 Å². The first-order valence-corrected chi connectivity index (χ1v) is 6.37. The van der Waals surface area contributed by atoms with Crippen LogP contribution in [0.25, 0.3) is 0 Å². The minimum absolute atomic E-state index is 0.193. The summed E-state index contributed by atoms with van der Waals surface area (Å²) in [5, 5.41) is 3.49. The van der Waals surface area contributed by atoms with Crippen LogP contribution < -0.4 is 11.1 Å². The van der Waals surface area contributed by atoms with Crippen LogP contribution in [0.3, 0.4) is 0 Å². The van der Waals surface area contributed by atoms with E-state index >= 15 is 0 Å². The second-order valence-corrected chi connectivity index (χ2v) is 4.67. The summed E-state index contributed by atoms with van der Waals surface area (Å²) in [5.41, 5.74) is 7.68. The molecule has 0 aliphatic rings. The first-order chi connectivity index (χ1) is 9.16. The molecule has 0 aromatic heterocycles. The SMILES string of the molecule is N[C@H](C(=O)NCc1ccc(Cl)cc1)c1ccccc1. The van der Waals surface area contributed by atoms with Crippen LogP contribution in [-0.2, 0) is 11.3 Å². The molecule has 2 aromatic carbocycles. The molecule has 1 amide bonds. The van der Waals surface area contributed by atoms with Gasteiger partial charge in [0.2, 0.25) is 5.91 Å². The van der Waals surface area contributed by atoms with Gasteiger partial charge in [0.15, 0.2) is 0 Å². The van der Waals surface area contributed by atoms with E-state index < -0.39 is 6.04 Å². The van der Waals surface area contributed by atoms with Crippen molar-refractivity contribution in [2.45, 2.75) is 12.6 Å². The van der Waals surface area contributed by atoms with E-state index in [1.807, 2.05) is 42.5 Å². The summed E-state index contributed by atoms with van der Waals surface area (Å²) in [6, 6.07) is 16.0. The number of hydrogen-bond donors (Lipinski definition) is 2. The van der Waals surface area contributed by atoms with Crippen LogP contribution in [0.5, 0.6) is 0 Å². The molecule has 0 spiro atoms. The highest BCUT2D eigenvalue weighted by Crippen LogP contribution is 2.11. The summed E-state index contributed by atoms with van der Waals surface area (Å²) in [4.78, 5) is 11.9. The number of nitrogens with two attached hydrogens (primary N) is 1. The lowest BCUT2D eigenvalue weighted by Crippen LogP contribution is -2.33. The van der Waals surface area contributed by atoms with Gasteiger partial charge >= 0.3 is 0 Å². The average molecular weight is 275 g/mol. The van der Waals surface area contributed by atoms with Crippen molar-refractivity contribution in [3.05, 3.63) is 70.7 Å². The molecule has 0 aliphatic heterocycles. The second-order valence-electron chi connectivity index (χ2n) is 4.23. The molecule has 0 saturated carbocycles. The maximum absolute atomic E-state index is 11.9. The number of halogens is 1. The fourth-order valence-corrected chi connectivity index (χ4v) is 1.84. The van der Waals surface area contributed by atoms with E-state index in [4.69, 9.17) is 17.3 Å². The number of carbonyl (C=O) groups is 1. The van der Waals surface area contributed by atoms with Crippen LogP contribution in [-0.4, -0.2) is 5.91 Å². The van der Waals surface area contributed by atoms with E-state index in [1.54, 1.807) is 12.1 Å². The zero-order chi connectivity index (χ0) is 13.7. The van der Waals surface area contributed by atoms with Gasteiger partial charge in [0.1, 0.15) is 6.04 Å². The Bertz CT molecular complexity index is 540. The molecule has 98 valence electrons. The van der Waals surface area contributed by atoms with Gasteiger partial charge in [0.25, 0.3) is 0 Å². The highest BCUT2D eigenvalue weighted by atomic mass is 35.5. The van der Waals surface area contributed by atoms with Crippen LogP contribution in [0, 0.1) is 0 Å². The minimum atomic E-state index is -0.645. The molecule has 0 radical (unpaired) electrons. The number of rotatable bonds is 4. The Hall–Kier alpha value is -1.84. The van der Waals surface area contributed by atoms with Crippen LogP contribution in [0.4, 0.5) is 0 Å². The first kappa shape index (κ1) is 13.6. The monoisotopic (exact) mass is 274 g/mol. The molecule has 0 fully saturated rings. The van der Waals surface area contributed by atoms with E-state index in [-0.39, 0.29) is 5.91 Å². The predicted molar refractivity (Wildman–Crippen MR) is 76.7 cm³/mol. The van der Waals surface area contributed by atoms with Gasteiger partial charge in [-0.05, 0) is 23.3 Å². The van der Waals surface area contributed by atoms with Crippen LogP contribution >= 0.6 is 11.6 Å². The van der Waals surface area contributed by atoms with Gasteiger partial charge in [-0.3, -0.25) is 4.79 Å². The lowest BCUT2D eigenvalue weighted by Gasteiger charge is -2.12. The molecular weight excluding hydrogens is 260 g/mol. The third-order valence-electron chi connectivity index (χ3n) is 2.82. The van der Waals surface area contributed by atoms with Crippen LogP contribution in [0.1, 0.15) is 17.2 Å². The second kappa shape index (κ2) is 6.36. The van der Waals surface area contributed by atoms with E-state index in [0.717, 1.165) is 11.1 Å². The molecule has 0 saturated heterocycles. The molecule has 0 heterocycles. The molecule has 3 N–H and O–H groups in total. The van der Waals surface area contributed by atoms with Crippen molar-refractivity contribution in [3.8, 4) is 0 Å². The lowest BCUT2D eigenvalue weighted by atomic mass is 10.1. The number of hydrogen-bond acceptors (Lipinski definition) is 2. The Morgan fingerprint density at radius 2 is 1.74 bits per heavy atom. The van der Waals surface area contributed by atoms with E-state index in [0.29, 0.717) is 11.6 Å². The normalized spacial score (nSPS) is 11.9. The van der Waals surface area contributed by atoms with Crippen LogP contribution in [0.2, 0.25) is 5.02 Å². The lowest BCUT2D eigenvalue weighted by molar-refractivity contribution is -0.122. The summed E-state index contributed by atoms with van der Waals surface area (Å²) < 4.78 is 0. The quantitative estimate of drug-likeness (QED) is 0.901. The molecule has 2 rings (SSSR count). The smallest absolute Gasteiger partial charge is 0.241 e. The molecule has 0 unspecified atom stereocenters. The Kier molecular flexibility index (Phi) is 4.55. The fourth-order valence-electron chi connectivity index (χ4n) is 1.71. The summed E-state index contributed by atoms with van der Waals surface area (Å²) in [7, 11) is 0. The highest BCUT2D eigenvalue weighted by Gasteiger charge is 2.14. The first-order valence-electron chi connectivity index (χ1n) is 5.99. The van der Waals surface area contributed by atoms with Crippen LogP contribution in [0.15, 0.2) is 54.6 Å². The maximum Gasteiger partial charge on any atom is 0.241 e. The van der Waals surface area contributed by atoms with Crippen molar-refractivity contribution in [2.75, 3.05) is 0 Å². The average Bonchev–Trinajstić information content (AvgIpc) is 2.46. The Morgan fingerprint density at radius 3 is 2.37 bits per heavy atom.